The second-order valence-electron chi connectivity index (χ2n) is 3.15. The highest BCUT2D eigenvalue weighted by molar-refractivity contribution is 5.26. The molecule has 1 heterocycles. The first-order valence-electron chi connectivity index (χ1n) is 4.37. The molecule has 0 bridgehead atoms. The molecule has 0 aliphatic carbocycles. The van der Waals surface area contributed by atoms with Gasteiger partial charge < -0.3 is 5.11 Å². The Hall–Kier alpha value is -1.49. The first-order chi connectivity index (χ1) is 6.59. The average Bonchev–Trinajstić information content (AvgIpc) is 2.15. The van der Waals surface area contributed by atoms with Crippen LogP contribution < -0.4 is 0 Å². The summed E-state index contributed by atoms with van der Waals surface area (Å²) in [5, 5.41) is 19.3. The Kier molecular flexibility index (Phi) is 3.53. The van der Waals surface area contributed by atoms with E-state index < -0.39 is 4.92 Å². The molecule has 0 radical (unpaired) electrons. The van der Waals surface area contributed by atoms with Crippen LogP contribution in [0.4, 0.5) is 5.69 Å². The molecule has 0 aliphatic heterocycles. The number of aliphatic hydroxyl groups is 1. The normalized spacial score (nSPS) is 12.4. The minimum atomic E-state index is -0.481. The molecule has 0 amide bonds. The topological polar surface area (TPSA) is 76.3 Å². The summed E-state index contributed by atoms with van der Waals surface area (Å²) in [5.74, 6) is 0. The summed E-state index contributed by atoms with van der Waals surface area (Å²) in [6.07, 6.45) is 2.12. The average molecular weight is 196 g/mol. The summed E-state index contributed by atoms with van der Waals surface area (Å²) in [4.78, 5) is 13.7. The Morgan fingerprint density at radius 3 is 2.79 bits per heavy atom. The van der Waals surface area contributed by atoms with Gasteiger partial charge in [-0.3, -0.25) is 15.1 Å². The molecule has 0 saturated heterocycles. The summed E-state index contributed by atoms with van der Waals surface area (Å²) in [5.41, 5.74) is 0.752. The van der Waals surface area contributed by atoms with Gasteiger partial charge in [0.15, 0.2) is 0 Å². The molecule has 14 heavy (non-hydrogen) atoms. The fourth-order valence-electron chi connectivity index (χ4n) is 1.03. The Balaban J connectivity index is 2.60. The maximum Gasteiger partial charge on any atom is 0.287 e. The summed E-state index contributed by atoms with van der Waals surface area (Å²) in [7, 11) is 0. The first-order valence-corrected chi connectivity index (χ1v) is 4.37. The van der Waals surface area contributed by atoms with E-state index in [0.29, 0.717) is 12.8 Å². The van der Waals surface area contributed by atoms with E-state index in [0.717, 1.165) is 5.69 Å². The van der Waals surface area contributed by atoms with Gasteiger partial charge in [0.05, 0.1) is 11.0 Å². The number of aryl methyl sites for hydroxylation is 1. The summed E-state index contributed by atoms with van der Waals surface area (Å²) in [6.45, 7) is 1.70. The van der Waals surface area contributed by atoms with Crippen LogP contribution in [0.2, 0.25) is 0 Å². The molecule has 5 nitrogen and oxygen atoms in total. The highest BCUT2D eigenvalue weighted by Gasteiger charge is 2.05. The van der Waals surface area contributed by atoms with E-state index in [1.807, 2.05) is 0 Å². The largest absolute Gasteiger partial charge is 0.393 e. The van der Waals surface area contributed by atoms with Crippen molar-refractivity contribution in [3.63, 3.8) is 0 Å². The number of rotatable bonds is 4. The molecular formula is C9H12N2O3. The van der Waals surface area contributed by atoms with Gasteiger partial charge in [0.2, 0.25) is 0 Å². The van der Waals surface area contributed by atoms with Gasteiger partial charge in [0.25, 0.3) is 5.69 Å². The van der Waals surface area contributed by atoms with E-state index in [1.165, 1.54) is 12.3 Å². The molecule has 0 aliphatic rings. The van der Waals surface area contributed by atoms with Crippen molar-refractivity contribution < 1.29 is 10.0 Å². The highest BCUT2D eigenvalue weighted by Crippen LogP contribution is 2.10. The van der Waals surface area contributed by atoms with Gasteiger partial charge in [-0.05, 0) is 25.8 Å². The van der Waals surface area contributed by atoms with Crippen molar-refractivity contribution in [1.82, 2.24) is 4.98 Å². The zero-order valence-corrected chi connectivity index (χ0v) is 7.88. The van der Waals surface area contributed by atoms with Crippen LogP contribution in [0.1, 0.15) is 19.0 Å². The second-order valence-corrected chi connectivity index (χ2v) is 3.15. The smallest absolute Gasteiger partial charge is 0.287 e. The van der Waals surface area contributed by atoms with E-state index in [4.69, 9.17) is 5.11 Å². The van der Waals surface area contributed by atoms with Crippen LogP contribution in [-0.4, -0.2) is 21.1 Å². The van der Waals surface area contributed by atoms with Gasteiger partial charge in [-0.25, -0.2) is 0 Å². The maximum atomic E-state index is 10.3. The Morgan fingerprint density at radius 2 is 2.36 bits per heavy atom. The van der Waals surface area contributed by atoms with Crippen molar-refractivity contribution in [3.8, 4) is 0 Å². The van der Waals surface area contributed by atoms with Gasteiger partial charge in [0, 0.05) is 11.8 Å². The van der Waals surface area contributed by atoms with E-state index >= 15 is 0 Å². The fraction of sp³-hybridized carbons (Fsp3) is 0.444. The summed E-state index contributed by atoms with van der Waals surface area (Å²) >= 11 is 0. The van der Waals surface area contributed by atoms with Gasteiger partial charge in [-0.1, -0.05) is 0 Å². The van der Waals surface area contributed by atoms with Crippen molar-refractivity contribution >= 4 is 5.69 Å². The SMILES string of the molecule is C[C@@H](O)CCc1ccc([N+](=O)[O-])cn1. The quantitative estimate of drug-likeness (QED) is 0.581. The lowest BCUT2D eigenvalue weighted by Crippen LogP contribution is -2.02. The predicted molar refractivity (Wildman–Crippen MR) is 50.9 cm³/mol. The second kappa shape index (κ2) is 4.66. The third kappa shape index (κ3) is 3.10. The lowest BCUT2D eigenvalue weighted by atomic mass is 10.1. The minimum absolute atomic E-state index is 0.00852. The van der Waals surface area contributed by atoms with Crippen molar-refractivity contribution in [3.05, 3.63) is 34.1 Å². The van der Waals surface area contributed by atoms with E-state index in [2.05, 4.69) is 4.98 Å². The number of pyridine rings is 1. The predicted octanol–water partition coefficient (Wildman–Crippen LogP) is 1.30. The molecule has 5 heteroatoms. The lowest BCUT2D eigenvalue weighted by molar-refractivity contribution is -0.385. The van der Waals surface area contributed by atoms with Crippen LogP contribution >= 0.6 is 0 Å². The van der Waals surface area contributed by atoms with Crippen molar-refractivity contribution in [2.45, 2.75) is 25.9 Å². The van der Waals surface area contributed by atoms with Gasteiger partial charge in [0.1, 0.15) is 6.20 Å². The molecule has 1 aromatic rings. The Morgan fingerprint density at radius 1 is 1.64 bits per heavy atom. The number of aromatic nitrogens is 1. The molecule has 1 aromatic heterocycles. The third-order valence-electron chi connectivity index (χ3n) is 1.84. The summed E-state index contributed by atoms with van der Waals surface area (Å²) < 4.78 is 0. The summed E-state index contributed by atoms with van der Waals surface area (Å²) in [6, 6.07) is 3.03. The van der Waals surface area contributed by atoms with E-state index in [9.17, 15) is 10.1 Å². The molecule has 1 rings (SSSR count). The maximum absolute atomic E-state index is 10.3. The van der Waals surface area contributed by atoms with Crippen LogP contribution in [0.25, 0.3) is 0 Å². The molecule has 1 N–H and O–H groups in total. The molecule has 0 fully saturated rings. The fourth-order valence-corrected chi connectivity index (χ4v) is 1.03. The highest BCUT2D eigenvalue weighted by atomic mass is 16.6. The Bertz CT molecular complexity index is 308. The number of nitrogens with zero attached hydrogens (tertiary/aromatic N) is 2. The van der Waals surface area contributed by atoms with Gasteiger partial charge in [-0.2, -0.15) is 0 Å². The van der Waals surface area contributed by atoms with Crippen molar-refractivity contribution in [2.24, 2.45) is 0 Å². The molecule has 0 unspecified atom stereocenters. The van der Waals surface area contributed by atoms with Crippen LogP contribution in [-0.2, 0) is 6.42 Å². The molecule has 1 atom stereocenters. The zero-order valence-electron chi connectivity index (χ0n) is 7.88. The molecule has 76 valence electrons. The molecule has 0 spiro atoms. The van der Waals surface area contributed by atoms with Crippen LogP contribution in [0, 0.1) is 10.1 Å². The standard InChI is InChI=1S/C9H12N2O3/c1-7(12)2-3-8-4-5-9(6-10-8)11(13)14/h4-7,12H,2-3H2,1H3/t7-/m1/s1. The number of hydrogen-bond donors (Lipinski definition) is 1. The number of hydrogen-bond acceptors (Lipinski definition) is 4. The van der Waals surface area contributed by atoms with E-state index in [-0.39, 0.29) is 11.8 Å². The molecule has 0 aromatic carbocycles. The lowest BCUT2D eigenvalue weighted by Gasteiger charge is -2.02. The first kappa shape index (κ1) is 10.6. The van der Waals surface area contributed by atoms with Gasteiger partial charge in [-0.15, -0.1) is 0 Å². The van der Waals surface area contributed by atoms with E-state index in [1.54, 1.807) is 13.0 Å². The van der Waals surface area contributed by atoms with Gasteiger partial charge >= 0.3 is 0 Å². The van der Waals surface area contributed by atoms with Crippen LogP contribution in [0.3, 0.4) is 0 Å². The minimum Gasteiger partial charge on any atom is -0.393 e. The zero-order chi connectivity index (χ0) is 10.6. The monoisotopic (exact) mass is 196 g/mol. The molecular weight excluding hydrogens is 184 g/mol. The Labute approximate surface area is 81.6 Å². The number of aliphatic hydroxyl groups excluding tert-OH is 1. The number of nitro groups is 1. The van der Waals surface area contributed by atoms with Crippen molar-refractivity contribution in [1.29, 1.82) is 0 Å². The van der Waals surface area contributed by atoms with Crippen molar-refractivity contribution in [2.75, 3.05) is 0 Å². The van der Waals surface area contributed by atoms with Crippen LogP contribution in [0.15, 0.2) is 18.3 Å². The third-order valence-corrected chi connectivity index (χ3v) is 1.84. The van der Waals surface area contributed by atoms with Crippen LogP contribution in [0.5, 0.6) is 0 Å². The molecule has 0 saturated carbocycles.